The largest absolute Gasteiger partial charge is 0.479 e. The van der Waals surface area contributed by atoms with Crippen molar-refractivity contribution in [1.29, 1.82) is 0 Å². The van der Waals surface area contributed by atoms with Crippen LogP contribution in [0.5, 0.6) is 0 Å². The predicted octanol–water partition coefficient (Wildman–Crippen LogP) is 5.14. The lowest BCUT2D eigenvalue weighted by Crippen LogP contribution is -2.44. The first-order valence-electron chi connectivity index (χ1n) is 9.35. The molecule has 0 atom stereocenters. The van der Waals surface area contributed by atoms with Crippen LogP contribution >= 0.6 is 11.3 Å². The van der Waals surface area contributed by atoms with Gasteiger partial charge in [0, 0.05) is 18.2 Å². The number of carbonyl (C=O) groups is 1. The molecule has 1 aromatic carbocycles. The van der Waals surface area contributed by atoms with Crippen molar-refractivity contribution >= 4 is 22.4 Å². The van der Waals surface area contributed by atoms with Crippen molar-refractivity contribution in [1.82, 2.24) is 4.98 Å². The van der Waals surface area contributed by atoms with Gasteiger partial charge in [-0.3, -0.25) is 0 Å². The molecule has 8 heteroatoms. The minimum Gasteiger partial charge on any atom is -0.479 e. The molecule has 4 rings (SSSR count). The molecule has 146 valence electrons. The molecular formula is C20H21N3O4S. The lowest BCUT2D eigenvalue weighted by atomic mass is 9.81. The monoisotopic (exact) mass is 399 g/mol. The van der Waals surface area contributed by atoms with Crippen LogP contribution in [0, 0.1) is 0 Å². The summed E-state index contributed by atoms with van der Waals surface area (Å²) in [6, 6.07) is 10.3. The fourth-order valence-electron chi connectivity index (χ4n) is 3.55. The summed E-state index contributed by atoms with van der Waals surface area (Å²) in [5.41, 5.74) is 1.83. The molecule has 1 saturated carbocycles. The van der Waals surface area contributed by atoms with Gasteiger partial charge >= 0.3 is 11.9 Å². The lowest BCUT2D eigenvalue weighted by Gasteiger charge is -2.40. The Labute approximate surface area is 166 Å². The van der Waals surface area contributed by atoms with E-state index in [4.69, 9.17) is 9.47 Å². The SMILES string of the molecule is CCc1csc(N=NC2=C(O)OC3(CCC(c4ccccc4)CC3)OC2=O)n1. The molecule has 1 aromatic heterocycles. The van der Waals surface area contributed by atoms with Crippen molar-refractivity contribution in [3.63, 3.8) is 0 Å². The number of nitrogens with zero attached hydrogens (tertiary/aromatic N) is 3. The van der Waals surface area contributed by atoms with Crippen LogP contribution in [0.1, 0.15) is 49.8 Å². The highest BCUT2D eigenvalue weighted by molar-refractivity contribution is 7.13. The third kappa shape index (κ3) is 3.77. The van der Waals surface area contributed by atoms with Crippen molar-refractivity contribution in [2.75, 3.05) is 0 Å². The second kappa shape index (κ2) is 7.71. The van der Waals surface area contributed by atoms with E-state index in [0.29, 0.717) is 23.9 Å². The Kier molecular flexibility index (Phi) is 5.13. The molecule has 1 fully saturated rings. The minimum absolute atomic E-state index is 0.330. The third-order valence-electron chi connectivity index (χ3n) is 5.11. The number of benzene rings is 1. The van der Waals surface area contributed by atoms with E-state index in [1.807, 2.05) is 30.5 Å². The number of aromatic nitrogens is 1. The molecule has 0 unspecified atom stereocenters. The second-order valence-corrected chi connectivity index (χ2v) is 7.75. The van der Waals surface area contributed by atoms with Crippen molar-refractivity contribution < 1.29 is 19.4 Å². The van der Waals surface area contributed by atoms with Gasteiger partial charge in [-0.2, -0.15) is 0 Å². The van der Waals surface area contributed by atoms with E-state index in [0.717, 1.165) is 25.0 Å². The molecule has 0 radical (unpaired) electrons. The highest BCUT2D eigenvalue weighted by atomic mass is 32.1. The number of azo groups is 1. The third-order valence-corrected chi connectivity index (χ3v) is 5.89. The maximum atomic E-state index is 12.4. The summed E-state index contributed by atoms with van der Waals surface area (Å²) in [5.74, 6) is -2.00. The maximum absolute atomic E-state index is 12.4. The topological polar surface area (TPSA) is 93.4 Å². The molecule has 7 nitrogen and oxygen atoms in total. The zero-order valence-corrected chi connectivity index (χ0v) is 16.3. The molecule has 2 heterocycles. The van der Waals surface area contributed by atoms with Gasteiger partial charge in [0.25, 0.3) is 11.5 Å². The summed E-state index contributed by atoms with van der Waals surface area (Å²) < 4.78 is 11.2. The van der Waals surface area contributed by atoms with Crippen LogP contribution in [0.2, 0.25) is 0 Å². The Morgan fingerprint density at radius 3 is 2.61 bits per heavy atom. The van der Waals surface area contributed by atoms with Crippen LogP contribution in [0.4, 0.5) is 5.13 Å². The number of hydrogen-bond acceptors (Lipinski definition) is 8. The van der Waals surface area contributed by atoms with E-state index in [-0.39, 0.29) is 5.70 Å². The molecule has 1 aliphatic carbocycles. The summed E-state index contributed by atoms with van der Waals surface area (Å²) in [4.78, 5) is 16.7. The molecule has 2 aliphatic rings. The molecule has 2 aromatic rings. The van der Waals surface area contributed by atoms with Crippen LogP contribution in [0.15, 0.2) is 57.6 Å². The Morgan fingerprint density at radius 1 is 1.21 bits per heavy atom. The normalized spacial score (nSPS) is 25.2. The van der Waals surface area contributed by atoms with Gasteiger partial charge in [0.1, 0.15) is 0 Å². The number of esters is 1. The molecule has 0 saturated heterocycles. The van der Waals surface area contributed by atoms with Crippen molar-refractivity contribution in [3.05, 3.63) is 58.6 Å². The first kappa shape index (κ1) is 18.6. The number of ether oxygens (including phenoxy) is 2. The van der Waals surface area contributed by atoms with Gasteiger partial charge in [0.2, 0.25) is 5.13 Å². The first-order valence-corrected chi connectivity index (χ1v) is 10.2. The molecule has 0 bridgehead atoms. The van der Waals surface area contributed by atoms with Gasteiger partial charge in [-0.15, -0.1) is 21.6 Å². The fourth-order valence-corrected chi connectivity index (χ4v) is 4.27. The smallest absolute Gasteiger partial charge is 0.369 e. The molecule has 0 amide bonds. The number of aliphatic hydroxyl groups excluding tert-OH is 1. The van der Waals surface area contributed by atoms with E-state index in [9.17, 15) is 9.90 Å². The highest BCUT2D eigenvalue weighted by Gasteiger charge is 2.47. The van der Waals surface area contributed by atoms with Gasteiger partial charge in [0.15, 0.2) is 0 Å². The summed E-state index contributed by atoms with van der Waals surface area (Å²) in [5, 5.41) is 20.3. The number of aryl methyl sites for hydroxylation is 1. The summed E-state index contributed by atoms with van der Waals surface area (Å²) >= 11 is 1.32. The van der Waals surface area contributed by atoms with Crippen LogP contribution in [0.25, 0.3) is 0 Å². The Hall–Kier alpha value is -2.74. The van der Waals surface area contributed by atoms with E-state index < -0.39 is 17.7 Å². The Morgan fingerprint density at radius 2 is 1.96 bits per heavy atom. The number of hydrogen-bond donors (Lipinski definition) is 1. The van der Waals surface area contributed by atoms with Crippen molar-refractivity contribution in [2.45, 2.75) is 50.7 Å². The van der Waals surface area contributed by atoms with Crippen LogP contribution in [-0.2, 0) is 20.7 Å². The highest BCUT2D eigenvalue weighted by Crippen LogP contribution is 2.43. The van der Waals surface area contributed by atoms with Gasteiger partial charge in [-0.25, -0.2) is 9.78 Å². The number of aliphatic hydroxyl groups is 1. The molecule has 1 spiro atoms. The number of thiazole rings is 1. The standard InChI is InChI=1S/C20H21N3O4S/c1-2-15-12-28-19(21-15)23-22-16-17(24)26-20(27-18(16)25)10-8-14(9-11-20)13-6-4-3-5-7-13/h3-7,12,14,24H,2,8-11H2,1H3. The van der Waals surface area contributed by atoms with Gasteiger partial charge in [-0.1, -0.05) is 37.3 Å². The zero-order chi connectivity index (χ0) is 19.6. The van der Waals surface area contributed by atoms with Gasteiger partial charge in [0.05, 0.1) is 5.69 Å². The van der Waals surface area contributed by atoms with Crippen molar-refractivity contribution in [3.8, 4) is 0 Å². The van der Waals surface area contributed by atoms with Crippen LogP contribution in [0.3, 0.4) is 0 Å². The van der Waals surface area contributed by atoms with Crippen LogP contribution in [-0.4, -0.2) is 21.8 Å². The molecule has 28 heavy (non-hydrogen) atoms. The van der Waals surface area contributed by atoms with Gasteiger partial charge in [-0.05, 0) is 30.7 Å². The predicted molar refractivity (Wildman–Crippen MR) is 103 cm³/mol. The van der Waals surface area contributed by atoms with E-state index >= 15 is 0 Å². The Balaban J connectivity index is 1.45. The summed E-state index contributed by atoms with van der Waals surface area (Å²) in [7, 11) is 0. The summed E-state index contributed by atoms with van der Waals surface area (Å²) in [6.45, 7) is 1.99. The molecular weight excluding hydrogens is 378 g/mol. The number of carbonyl (C=O) groups excluding carboxylic acids is 1. The van der Waals surface area contributed by atoms with E-state index in [1.54, 1.807) is 0 Å². The first-order chi connectivity index (χ1) is 13.6. The van der Waals surface area contributed by atoms with E-state index in [1.165, 1.54) is 16.9 Å². The van der Waals surface area contributed by atoms with Crippen LogP contribution < -0.4 is 0 Å². The zero-order valence-electron chi connectivity index (χ0n) is 15.5. The lowest BCUT2D eigenvalue weighted by molar-refractivity contribution is -0.251. The fraction of sp³-hybridized carbons (Fsp3) is 0.400. The minimum atomic E-state index is -1.12. The van der Waals surface area contributed by atoms with Crippen molar-refractivity contribution in [2.24, 2.45) is 10.2 Å². The maximum Gasteiger partial charge on any atom is 0.369 e. The second-order valence-electron chi connectivity index (χ2n) is 6.92. The molecule has 1 aliphatic heterocycles. The number of rotatable bonds is 4. The summed E-state index contributed by atoms with van der Waals surface area (Å²) in [6.07, 6.45) is 3.43. The quantitative estimate of drug-likeness (QED) is 0.567. The van der Waals surface area contributed by atoms with E-state index in [2.05, 4.69) is 27.3 Å². The molecule has 1 N–H and O–H groups in total. The average molecular weight is 399 g/mol. The Bertz CT molecular complexity index is 915. The van der Waals surface area contributed by atoms with Gasteiger partial charge < -0.3 is 14.6 Å². The average Bonchev–Trinajstić information content (AvgIpc) is 3.17.